The largest absolute Gasteiger partial charge is 0.248 e. The maximum atomic E-state index is 2.36. The molecule has 0 unspecified atom stereocenters. The van der Waals surface area contributed by atoms with Crippen molar-refractivity contribution < 1.29 is 0 Å². The zero-order chi connectivity index (χ0) is 31.7. The van der Waals surface area contributed by atoms with Gasteiger partial charge in [0.15, 0.2) is 0 Å². The zero-order valence-electron chi connectivity index (χ0n) is 26.5. The van der Waals surface area contributed by atoms with Crippen molar-refractivity contribution in [3.63, 3.8) is 0 Å². The molecule has 1 aliphatic rings. The predicted molar refractivity (Wildman–Crippen MR) is 223 cm³/mol. The van der Waals surface area contributed by atoms with Crippen LogP contribution in [-0.4, -0.2) is 22.1 Å². The average molecular weight is 772 g/mol. The lowest BCUT2D eigenvalue weighted by atomic mass is 10.1. The second-order valence-corrected chi connectivity index (χ2v) is 21.5. The average Bonchev–Trinajstić information content (AvgIpc) is 3.91. The summed E-state index contributed by atoms with van der Waals surface area (Å²) in [6.45, 7) is 6.81. The molecule has 0 spiro atoms. The summed E-state index contributed by atoms with van der Waals surface area (Å²) in [6.07, 6.45) is 12.3. The summed E-state index contributed by atoms with van der Waals surface area (Å²) in [7, 11) is 0. The molecule has 0 saturated carbocycles. The summed E-state index contributed by atoms with van der Waals surface area (Å²) in [5, 5.41) is 0. The molecular weight excluding hydrogens is 733 g/mol. The van der Waals surface area contributed by atoms with Crippen molar-refractivity contribution in [2.75, 3.05) is 17.3 Å². The molecule has 9 heteroatoms. The van der Waals surface area contributed by atoms with Gasteiger partial charge in [-0.25, -0.2) is 0 Å². The molecule has 0 atom stereocenters. The summed E-state index contributed by atoms with van der Waals surface area (Å²) < 4.78 is 4.29. The van der Waals surface area contributed by atoms with E-state index >= 15 is 0 Å². The first kappa shape index (κ1) is 35.0. The number of rotatable bonds is 17. The lowest BCUT2D eigenvalue weighted by molar-refractivity contribution is 0.896. The molecule has 5 aromatic heterocycles. The first-order chi connectivity index (χ1) is 22.6. The van der Waals surface area contributed by atoms with E-state index in [1.54, 1.807) is 0 Å². The predicted octanol–water partition coefficient (Wildman–Crippen LogP) is 14.6. The molecule has 0 aliphatic carbocycles. The van der Waals surface area contributed by atoms with Gasteiger partial charge in [0.1, 0.15) is 0 Å². The molecule has 0 amide bonds. The van der Waals surface area contributed by atoms with Gasteiger partial charge in [0.25, 0.3) is 0 Å². The normalized spacial score (nSPS) is 12.8. The highest BCUT2D eigenvalue weighted by Gasteiger charge is 2.29. The SMILES string of the molecule is CCCCSc1ccc(C2=[S+]C(=C(c3ccc(-c4ccc(SCCCC)s4)s3)c3ccc(-c4ccc(SCCCC)s4)s3)C=C2)s1. The van der Waals surface area contributed by atoms with Crippen LogP contribution in [0.15, 0.2) is 90.3 Å². The van der Waals surface area contributed by atoms with Crippen molar-refractivity contribution in [3.05, 3.63) is 92.4 Å². The highest BCUT2D eigenvalue weighted by molar-refractivity contribution is 8.01. The van der Waals surface area contributed by atoms with Crippen LogP contribution in [0.2, 0.25) is 0 Å². The summed E-state index contributed by atoms with van der Waals surface area (Å²) in [4.78, 5) is 12.3. The van der Waals surface area contributed by atoms with Crippen molar-refractivity contribution in [2.45, 2.75) is 71.9 Å². The molecule has 1 aliphatic heterocycles. The topological polar surface area (TPSA) is 0 Å². The van der Waals surface area contributed by atoms with Gasteiger partial charge in [-0.1, -0.05) is 40.0 Å². The van der Waals surface area contributed by atoms with Crippen LogP contribution >= 0.6 is 92.0 Å². The summed E-state index contributed by atoms with van der Waals surface area (Å²) in [5.74, 6) is 3.62. The quantitative estimate of drug-likeness (QED) is 0.0400. The molecule has 0 aromatic carbocycles. The van der Waals surface area contributed by atoms with Gasteiger partial charge in [-0.3, -0.25) is 0 Å². The van der Waals surface area contributed by atoms with Crippen molar-refractivity contribution in [1.29, 1.82) is 0 Å². The van der Waals surface area contributed by atoms with E-state index in [1.807, 2.05) is 103 Å². The number of thiophene rings is 5. The Morgan fingerprint density at radius 1 is 0.500 bits per heavy atom. The molecule has 0 saturated heterocycles. The Bertz CT molecular complexity index is 1710. The Hall–Kier alpha value is -0.880. The van der Waals surface area contributed by atoms with Crippen LogP contribution in [-0.2, 0) is 11.4 Å². The minimum Gasteiger partial charge on any atom is -0.134 e. The van der Waals surface area contributed by atoms with Crippen molar-refractivity contribution in [3.8, 4) is 19.5 Å². The number of thioether (sulfide) groups is 3. The van der Waals surface area contributed by atoms with E-state index in [9.17, 15) is 0 Å². The van der Waals surface area contributed by atoms with Crippen LogP contribution < -0.4 is 0 Å². The second kappa shape index (κ2) is 17.7. The van der Waals surface area contributed by atoms with Crippen LogP contribution in [0.5, 0.6) is 0 Å². The Labute approximate surface area is 311 Å². The molecule has 0 N–H and O–H groups in total. The third-order valence-electron chi connectivity index (χ3n) is 7.26. The molecule has 0 nitrogen and oxygen atoms in total. The van der Waals surface area contributed by atoms with Crippen LogP contribution in [0.1, 0.15) is 73.9 Å². The highest BCUT2D eigenvalue weighted by Crippen LogP contribution is 2.45. The monoisotopic (exact) mass is 771 g/mol. The number of unbranched alkanes of at least 4 members (excludes halogenated alkanes) is 3. The smallest absolute Gasteiger partial charge is 0.134 e. The Morgan fingerprint density at radius 2 is 0.913 bits per heavy atom. The molecule has 5 aromatic rings. The Morgan fingerprint density at radius 3 is 1.39 bits per heavy atom. The molecule has 46 heavy (non-hydrogen) atoms. The van der Waals surface area contributed by atoms with Crippen LogP contribution in [0.4, 0.5) is 0 Å². The summed E-state index contributed by atoms with van der Waals surface area (Å²) in [6, 6.07) is 23.3. The van der Waals surface area contributed by atoms with E-state index in [0.29, 0.717) is 0 Å². The van der Waals surface area contributed by atoms with Gasteiger partial charge in [0.2, 0.25) is 21.1 Å². The van der Waals surface area contributed by atoms with E-state index in [2.05, 4.69) is 93.6 Å². The van der Waals surface area contributed by atoms with E-state index in [4.69, 9.17) is 0 Å². The molecule has 6 rings (SSSR count). The fraction of sp³-hybridized carbons (Fsp3) is 0.324. The molecule has 240 valence electrons. The van der Waals surface area contributed by atoms with Crippen molar-refractivity contribution in [2.24, 2.45) is 0 Å². The summed E-state index contributed by atoms with van der Waals surface area (Å²) in [5.41, 5.74) is 1.38. The van der Waals surface area contributed by atoms with Gasteiger partial charge in [0, 0.05) is 41.4 Å². The molecular formula is C37H39S9+. The van der Waals surface area contributed by atoms with E-state index in [1.165, 1.54) is 118 Å². The van der Waals surface area contributed by atoms with Gasteiger partial charge in [-0.2, -0.15) is 0 Å². The maximum Gasteiger partial charge on any atom is 0.248 e. The van der Waals surface area contributed by atoms with Crippen LogP contribution in [0.3, 0.4) is 0 Å². The third-order valence-corrected chi connectivity index (χ3v) is 18.3. The standard InChI is InChI=1S/C37H39S9/c1-4-7-22-38-34-19-16-28(44-34)25-10-13-31(41-25)37(32-14-11-26(42-32)29-17-20-35(45-29)39-23-8-5-2)33-15-12-27(43-33)30-18-21-36(46-30)40-24-9-6-3/h10-21H,4-9,22-24H2,1-3H3/q+1. The number of allylic oxidation sites excluding steroid dienone is 2. The third kappa shape index (κ3) is 9.01. The molecule has 0 radical (unpaired) electrons. The van der Waals surface area contributed by atoms with Gasteiger partial charge in [0.05, 0.1) is 23.1 Å². The number of hydrogen-bond donors (Lipinski definition) is 0. The molecule has 6 heterocycles. The van der Waals surface area contributed by atoms with Gasteiger partial charge in [-0.05, 0) is 97.2 Å². The first-order valence-electron chi connectivity index (χ1n) is 16.0. The zero-order valence-corrected chi connectivity index (χ0v) is 33.8. The Kier molecular flexibility index (Phi) is 13.4. The van der Waals surface area contributed by atoms with E-state index in [-0.39, 0.29) is 0 Å². The summed E-state index contributed by atoms with van der Waals surface area (Å²) >= 11 is 17.7. The fourth-order valence-corrected chi connectivity index (χ4v) is 15.3. The lowest BCUT2D eigenvalue weighted by Crippen LogP contribution is -1.91. The highest BCUT2D eigenvalue weighted by atomic mass is 32.2. The second-order valence-electron chi connectivity index (χ2n) is 10.8. The van der Waals surface area contributed by atoms with Crippen molar-refractivity contribution >= 4 is 114 Å². The van der Waals surface area contributed by atoms with Crippen LogP contribution in [0, 0.1) is 0 Å². The minimum absolute atomic E-state index is 1.21. The van der Waals surface area contributed by atoms with E-state index < -0.39 is 0 Å². The first-order valence-corrected chi connectivity index (χ1v) is 23.9. The molecule has 0 fully saturated rings. The number of hydrogen-bond acceptors (Lipinski definition) is 8. The van der Waals surface area contributed by atoms with Gasteiger partial charge in [-0.15, -0.1) is 92.0 Å². The van der Waals surface area contributed by atoms with Crippen LogP contribution in [0.25, 0.3) is 25.1 Å². The fourth-order valence-electron chi connectivity index (χ4n) is 4.72. The van der Waals surface area contributed by atoms with Gasteiger partial charge < -0.3 is 0 Å². The Balaban J connectivity index is 1.31. The minimum atomic E-state index is 1.21. The maximum absolute atomic E-state index is 2.36. The van der Waals surface area contributed by atoms with Gasteiger partial charge >= 0.3 is 0 Å². The van der Waals surface area contributed by atoms with E-state index in [0.717, 1.165) is 0 Å². The van der Waals surface area contributed by atoms with Crippen molar-refractivity contribution in [1.82, 2.24) is 0 Å². The lowest BCUT2D eigenvalue weighted by Gasteiger charge is -2.00. The molecule has 0 bridgehead atoms.